The van der Waals surface area contributed by atoms with E-state index in [0.717, 1.165) is 6.07 Å². The SMILES string of the molecule is O=C(O)c1nc2ccccc2nc1OCCCN(Cc1ccc(C(F)(F)F)cc1C(F)(F)F)c1nc2ccccc2o1. The molecule has 0 radical (unpaired) electrons. The molecule has 5 rings (SSSR count). The van der Waals surface area contributed by atoms with Crippen LogP contribution in [0.2, 0.25) is 0 Å². The fraction of sp³-hybridized carbons (Fsp3) is 0.214. The summed E-state index contributed by atoms with van der Waals surface area (Å²) in [7, 11) is 0. The van der Waals surface area contributed by atoms with Crippen LogP contribution in [0.3, 0.4) is 0 Å². The molecule has 1 N–H and O–H groups in total. The van der Waals surface area contributed by atoms with Gasteiger partial charge in [0.1, 0.15) is 5.52 Å². The molecule has 0 aliphatic heterocycles. The van der Waals surface area contributed by atoms with Crippen molar-refractivity contribution in [1.29, 1.82) is 0 Å². The van der Waals surface area contributed by atoms with E-state index in [9.17, 15) is 36.2 Å². The van der Waals surface area contributed by atoms with E-state index >= 15 is 0 Å². The van der Waals surface area contributed by atoms with E-state index in [1.54, 1.807) is 48.5 Å². The number of aromatic carboxylic acids is 1. The van der Waals surface area contributed by atoms with Gasteiger partial charge in [-0.25, -0.2) is 14.8 Å². The van der Waals surface area contributed by atoms with Crippen LogP contribution in [-0.4, -0.2) is 39.2 Å². The van der Waals surface area contributed by atoms with Crippen molar-refractivity contribution < 1.29 is 45.4 Å². The number of halogens is 6. The van der Waals surface area contributed by atoms with Gasteiger partial charge in [0.2, 0.25) is 11.6 Å². The van der Waals surface area contributed by atoms with Gasteiger partial charge >= 0.3 is 18.3 Å². The lowest BCUT2D eigenvalue weighted by molar-refractivity contribution is -0.143. The number of fused-ring (bicyclic) bond motifs is 2. The number of hydrogen-bond donors (Lipinski definition) is 1. The zero-order chi connectivity index (χ0) is 30.1. The molecule has 0 spiro atoms. The van der Waals surface area contributed by atoms with E-state index in [1.807, 2.05) is 0 Å². The molecule has 0 atom stereocenters. The molecule has 2 aromatic heterocycles. The van der Waals surface area contributed by atoms with Crippen LogP contribution in [0.5, 0.6) is 5.88 Å². The fourth-order valence-electron chi connectivity index (χ4n) is 4.25. The van der Waals surface area contributed by atoms with Gasteiger partial charge in [-0.3, -0.25) is 0 Å². The Labute approximate surface area is 233 Å². The number of alkyl halides is 6. The Morgan fingerprint density at radius 1 is 0.857 bits per heavy atom. The first-order valence-electron chi connectivity index (χ1n) is 12.4. The largest absolute Gasteiger partial charge is 0.476 e. The predicted octanol–water partition coefficient (Wildman–Crippen LogP) is 6.98. The number of anilines is 1. The first-order chi connectivity index (χ1) is 19.9. The third-order valence-corrected chi connectivity index (χ3v) is 6.21. The molecule has 0 aliphatic carbocycles. The highest BCUT2D eigenvalue weighted by Crippen LogP contribution is 2.38. The lowest BCUT2D eigenvalue weighted by Crippen LogP contribution is -2.27. The van der Waals surface area contributed by atoms with Crippen molar-refractivity contribution in [2.75, 3.05) is 18.1 Å². The third kappa shape index (κ3) is 6.21. The maximum atomic E-state index is 13.8. The number of hydrogen-bond acceptors (Lipinski definition) is 7. The molecule has 2 heterocycles. The van der Waals surface area contributed by atoms with Crippen molar-refractivity contribution in [3.63, 3.8) is 0 Å². The molecule has 8 nitrogen and oxygen atoms in total. The molecule has 0 bridgehead atoms. The minimum Gasteiger partial charge on any atom is -0.476 e. The quantitative estimate of drug-likeness (QED) is 0.145. The minimum absolute atomic E-state index is 0.0193. The molecule has 5 aromatic rings. The number of aromatic nitrogens is 3. The Morgan fingerprint density at radius 3 is 2.17 bits per heavy atom. The lowest BCUT2D eigenvalue weighted by atomic mass is 10.0. The number of rotatable bonds is 9. The number of carbonyl (C=O) groups is 1. The Morgan fingerprint density at radius 2 is 1.52 bits per heavy atom. The molecule has 3 aromatic carbocycles. The van der Waals surface area contributed by atoms with Gasteiger partial charge in [-0.1, -0.05) is 30.3 Å². The number of carboxylic acids is 1. The summed E-state index contributed by atoms with van der Waals surface area (Å²) in [5.74, 6) is -1.60. The first-order valence-corrected chi connectivity index (χ1v) is 12.4. The van der Waals surface area contributed by atoms with Crippen molar-refractivity contribution in [2.24, 2.45) is 0 Å². The Balaban J connectivity index is 1.41. The van der Waals surface area contributed by atoms with Crippen LogP contribution in [-0.2, 0) is 18.9 Å². The minimum atomic E-state index is -5.06. The molecule has 0 amide bonds. The fourth-order valence-corrected chi connectivity index (χ4v) is 4.25. The highest BCUT2D eigenvalue weighted by atomic mass is 19.4. The van der Waals surface area contributed by atoms with E-state index < -0.39 is 47.3 Å². The summed E-state index contributed by atoms with van der Waals surface area (Å²) in [6, 6.07) is 14.6. The highest BCUT2D eigenvalue weighted by Gasteiger charge is 2.38. The van der Waals surface area contributed by atoms with Crippen molar-refractivity contribution in [3.8, 4) is 5.88 Å². The molecule has 0 aliphatic rings. The van der Waals surface area contributed by atoms with Crippen LogP contribution >= 0.6 is 0 Å². The molecular weight excluding hydrogens is 570 g/mol. The smallest absolute Gasteiger partial charge is 0.416 e. The number of nitrogens with zero attached hydrogens (tertiary/aromatic N) is 4. The molecule has 0 unspecified atom stereocenters. The summed E-state index contributed by atoms with van der Waals surface area (Å²) in [6.45, 7) is -0.631. The van der Waals surface area contributed by atoms with Gasteiger partial charge in [-0.05, 0) is 48.4 Å². The Hall–Kier alpha value is -4.88. The van der Waals surface area contributed by atoms with Gasteiger partial charge < -0.3 is 19.2 Å². The number of oxazole rings is 1. The van der Waals surface area contributed by atoms with Gasteiger partial charge in [0.25, 0.3) is 6.01 Å². The molecule has 0 fully saturated rings. The molecule has 0 saturated heterocycles. The zero-order valence-electron chi connectivity index (χ0n) is 21.4. The summed E-state index contributed by atoms with van der Waals surface area (Å²) >= 11 is 0. The molecule has 42 heavy (non-hydrogen) atoms. The topological polar surface area (TPSA) is 102 Å². The maximum Gasteiger partial charge on any atom is 0.416 e. The third-order valence-electron chi connectivity index (χ3n) is 6.21. The van der Waals surface area contributed by atoms with Crippen molar-refractivity contribution in [3.05, 3.63) is 89.1 Å². The van der Waals surface area contributed by atoms with Crippen molar-refractivity contribution in [1.82, 2.24) is 15.0 Å². The summed E-state index contributed by atoms with van der Waals surface area (Å²) in [5.41, 5.74) is -2.17. The molecule has 14 heteroatoms. The van der Waals surface area contributed by atoms with Crippen molar-refractivity contribution in [2.45, 2.75) is 25.3 Å². The van der Waals surface area contributed by atoms with Crippen molar-refractivity contribution >= 4 is 34.1 Å². The van der Waals surface area contributed by atoms with E-state index in [4.69, 9.17) is 9.15 Å². The van der Waals surface area contributed by atoms with Crippen LogP contribution in [0.1, 0.15) is 33.6 Å². The van der Waals surface area contributed by atoms with Gasteiger partial charge in [0.05, 0.1) is 28.8 Å². The lowest BCUT2D eigenvalue weighted by Gasteiger charge is -2.23. The molecule has 218 valence electrons. The van der Waals surface area contributed by atoms with Gasteiger partial charge in [-0.2, -0.15) is 31.3 Å². The predicted molar refractivity (Wildman–Crippen MR) is 138 cm³/mol. The zero-order valence-corrected chi connectivity index (χ0v) is 21.4. The Bertz CT molecular complexity index is 1720. The normalized spacial score (nSPS) is 12.1. The summed E-state index contributed by atoms with van der Waals surface area (Å²) in [6.07, 6.45) is -9.90. The van der Waals surface area contributed by atoms with Crippen LogP contribution in [0.25, 0.3) is 22.1 Å². The van der Waals surface area contributed by atoms with Gasteiger partial charge in [-0.15, -0.1) is 0 Å². The second-order valence-corrected chi connectivity index (χ2v) is 9.13. The summed E-state index contributed by atoms with van der Waals surface area (Å²) in [5, 5.41) is 9.54. The van der Waals surface area contributed by atoms with Gasteiger partial charge in [0, 0.05) is 13.1 Å². The van der Waals surface area contributed by atoms with E-state index in [1.165, 1.54) is 4.90 Å². The van der Waals surface area contributed by atoms with E-state index in [2.05, 4.69) is 15.0 Å². The van der Waals surface area contributed by atoms with Gasteiger partial charge in [0.15, 0.2) is 5.58 Å². The van der Waals surface area contributed by atoms with E-state index in [-0.39, 0.29) is 37.5 Å². The van der Waals surface area contributed by atoms with Crippen LogP contribution in [0, 0.1) is 0 Å². The average molecular weight is 590 g/mol. The highest BCUT2D eigenvalue weighted by molar-refractivity contribution is 5.90. The van der Waals surface area contributed by atoms with Crippen LogP contribution in [0.15, 0.2) is 71.1 Å². The second kappa shape index (κ2) is 11.2. The number of para-hydroxylation sites is 4. The Kier molecular flexibility index (Phi) is 7.63. The van der Waals surface area contributed by atoms with Crippen LogP contribution < -0.4 is 9.64 Å². The summed E-state index contributed by atoms with van der Waals surface area (Å²) in [4.78, 5) is 25.6. The summed E-state index contributed by atoms with van der Waals surface area (Å²) < 4.78 is 92.4. The second-order valence-electron chi connectivity index (χ2n) is 9.13. The van der Waals surface area contributed by atoms with E-state index in [0.29, 0.717) is 28.2 Å². The molecule has 0 saturated carbocycles. The standard InChI is InChI=1S/C28H20F6N4O4/c29-27(30,31)17-11-10-16(18(14-17)28(32,33)34)15-38(26-37-21-8-3-4-9-22(21)42-26)12-5-13-41-24-23(25(39)40)35-19-6-1-2-7-20(19)36-24/h1-4,6-11,14H,5,12-13,15H2,(H,39,40). The molecular formula is C28H20F6N4O4. The van der Waals surface area contributed by atoms with Crippen LogP contribution in [0.4, 0.5) is 32.4 Å². The average Bonchev–Trinajstić information content (AvgIpc) is 3.37. The monoisotopic (exact) mass is 590 g/mol. The first kappa shape index (κ1) is 28.6. The number of benzene rings is 3. The maximum absolute atomic E-state index is 13.8. The number of ether oxygens (including phenoxy) is 1. The number of carboxylic acid groups (broad SMARTS) is 1.